The van der Waals surface area contributed by atoms with E-state index in [9.17, 15) is 13.2 Å². The standard InChI is InChI=1S/C11H13Cl2NO4S/c1-2-4-8(11(15)16)14-19(17,18)9-6-3-5-7(12)10(9)13/h3,5-6,8,14H,2,4H2,1H3,(H,15,16)/t8-/m0/s1. The summed E-state index contributed by atoms with van der Waals surface area (Å²) in [6.07, 6.45) is 0.718. The predicted molar refractivity (Wildman–Crippen MR) is 73.1 cm³/mol. The van der Waals surface area contributed by atoms with Crippen LogP contribution >= 0.6 is 23.2 Å². The summed E-state index contributed by atoms with van der Waals surface area (Å²) in [6, 6.07) is 2.95. The zero-order chi connectivity index (χ0) is 14.6. The number of hydrogen-bond donors (Lipinski definition) is 2. The molecule has 0 aliphatic carbocycles. The van der Waals surface area contributed by atoms with Gasteiger partial charge in [-0.1, -0.05) is 42.6 Å². The summed E-state index contributed by atoms with van der Waals surface area (Å²) in [5, 5.41) is 8.91. The molecule has 0 saturated heterocycles. The molecular formula is C11H13Cl2NO4S. The van der Waals surface area contributed by atoms with Crippen molar-refractivity contribution in [3.63, 3.8) is 0 Å². The lowest BCUT2D eigenvalue weighted by Crippen LogP contribution is -2.40. The molecule has 0 heterocycles. The van der Waals surface area contributed by atoms with Crippen LogP contribution in [0.1, 0.15) is 19.8 Å². The Morgan fingerprint density at radius 2 is 2.05 bits per heavy atom. The average Bonchev–Trinajstić information content (AvgIpc) is 2.31. The molecule has 19 heavy (non-hydrogen) atoms. The maximum atomic E-state index is 12.1. The summed E-state index contributed by atoms with van der Waals surface area (Å²) in [5.74, 6) is -1.23. The van der Waals surface area contributed by atoms with E-state index in [0.29, 0.717) is 6.42 Å². The number of benzene rings is 1. The van der Waals surface area contributed by atoms with Gasteiger partial charge in [-0.25, -0.2) is 8.42 Å². The first-order valence-corrected chi connectivity index (χ1v) is 7.72. The van der Waals surface area contributed by atoms with Gasteiger partial charge in [-0.15, -0.1) is 0 Å². The van der Waals surface area contributed by atoms with E-state index in [2.05, 4.69) is 4.72 Å². The van der Waals surface area contributed by atoms with Crippen LogP contribution in [0.5, 0.6) is 0 Å². The molecule has 0 unspecified atom stereocenters. The van der Waals surface area contributed by atoms with Crippen LogP contribution in [0.25, 0.3) is 0 Å². The highest BCUT2D eigenvalue weighted by atomic mass is 35.5. The van der Waals surface area contributed by atoms with Crippen LogP contribution in [0, 0.1) is 0 Å². The topological polar surface area (TPSA) is 83.5 Å². The lowest BCUT2D eigenvalue weighted by Gasteiger charge is -2.14. The summed E-state index contributed by atoms with van der Waals surface area (Å²) in [4.78, 5) is 10.7. The molecule has 2 N–H and O–H groups in total. The molecule has 0 saturated carbocycles. The minimum Gasteiger partial charge on any atom is -0.480 e. The Bertz CT molecular complexity index is 574. The smallest absolute Gasteiger partial charge is 0.321 e. The maximum Gasteiger partial charge on any atom is 0.321 e. The van der Waals surface area contributed by atoms with E-state index in [1.54, 1.807) is 6.92 Å². The van der Waals surface area contributed by atoms with Gasteiger partial charge < -0.3 is 5.11 Å². The number of carbonyl (C=O) groups is 1. The van der Waals surface area contributed by atoms with Gasteiger partial charge in [-0.2, -0.15) is 4.72 Å². The number of halogens is 2. The second-order valence-electron chi connectivity index (χ2n) is 3.85. The Morgan fingerprint density at radius 1 is 1.42 bits per heavy atom. The third kappa shape index (κ3) is 4.07. The predicted octanol–water partition coefficient (Wildman–Crippen LogP) is 2.53. The van der Waals surface area contributed by atoms with Gasteiger partial charge in [0.05, 0.1) is 10.0 Å². The van der Waals surface area contributed by atoms with E-state index >= 15 is 0 Å². The van der Waals surface area contributed by atoms with E-state index < -0.39 is 22.0 Å². The Morgan fingerprint density at radius 3 is 2.58 bits per heavy atom. The molecule has 1 rings (SSSR count). The highest BCUT2D eigenvalue weighted by Crippen LogP contribution is 2.28. The van der Waals surface area contributed by atoms with Crippen LogP contribution in [0.4, 0.5) is 0 Å². The number of sulfonamides is 1. The Labute approximate surface area is 121 Å². The third-order valence-electron chi connectivity index (χ3n) is 2.38. The molecular weight excluding hydrogens is 313 g/mol. The third-order valence-corrected chi connectivity index (χ3v) is 4.82. The fourth-order valence-electron chi connectivity index (χ4n) is 1.46. The van der Waals surface area contributed by atoms with Gasteiger partial charge >= 0.3 is 5.97 Å². The monoisotopic (exact) mass is 325 g/mol. The van der Waals surface area contributed by atoms with Gasteiger partial charge in [-0.05, 0) is 18.6 Å². The van der Waals surface area contributed by atoms with E-state index in [-0.39, 0.29) is 21.4 Å². The van der Waals surface area contributed by atoms with Crippen molar-refractivity contribution in [1.82, 2.24) is 4.72 Å². The second kappa shape index (κ2) is 6.56. The van der Waals surface area contributed by atoms with Gasteiger partial charge in [0.15, 0.2) is 0 Å². The van der Waals surface area contributed by atoms with Crippen molar-refractivity contribution in [1.29, 1.82) is 0 Å². The number of rotatable bonds is 6. The molecule has 0 amide bonds. The number of hydrogen-bond acceptors (Lipinski definition) is 3. The van der Waals surface area contributed by atoms with Gasteiger partial charge in [0.1, 0.15) is 10.9 Å². The van der Waals surface area contributed by atoms with E-state index in [1.807, 2.05) is 0 Å². The minimum absolute atomic E-state index is 0.0897. The van der Waals surface area contributed by atoms with Crippen LogP contribution in [-0.2, 0) is 14.8 Å². The summed E-state index contributed by atoms with van der Waals surface area (Å²) in [7, 11) is -4.03. The maximum absolute atomic E-state index is 12.1. The van der Waals surface area contributed by atoms with Crippen LogP contribution < -0.4 is 4.72 Å². The van der Waals surface area contributed by atoms with Crippen molar-refractivity contribution in [2.45, 2.75) is 30.7 Å². The summed E-state index contributed by atoms with van der Waals surface area (Å²) < 4.78 is 26.3. The highest BCUT2D eigenvalue weighted by Gasteiger charge is 2.26. The molecule has 0 aliphatic heterocycles. The van der Waals surface area contributed by atoms with Gasteiger partial charge in [-0.3, -0.25) is 4.79 Å². The van der Waals surface area contributed by atoms with Crippen LogP contribution in [0.15, 0.2) is 23.1 Å². The summed E-state index contributed by atoms with van der Waals surface area (Å²) in [5.41, 5.74) is 0. The highest BCUT2D eigenvalue weighted by molar-refractivity contribution is 7.89. The second-order valence-corrected chi connectivity index (χ2v) is 6.32. The molecule has 5 nitrogen and oxygen atoms in total. The molecule has 0 fully saturated rings. The number of aliphatic carboxylic acids is 1. The number of carboxylic acids is 1. The minimum atomic E-state index is -4.03. The van der Waals surface area contributed by atoms with E-state index in [0.717, 1.165) is 0 Å². The molecule has 106 valence electrons. The normalized spacial score (nSPS) is 13.2. The van der Waals surface area contributed by atoms with Crippen LogP contribution in [0.2, 0.25) is 10.0 Å². The Kier molecular flexibility index (Phi) is 5.61. The van der Waals surface area contributed by atoms with Crippen LogP contribution in [0.3, 0.4) is 0 Å². The molecule has 8 heteroatoms. The lowest BCUT2D eigenvalue weighted by atomic mass is 10.2. The first-order chi connectivity index (χ1) is 8.79. The number of carboxylic acid groups (broad SMARTS) is 1. The molecule has 0 aromatic heterocycles. The molecule has 0 spiro atoms. The first-order valence-electron chi connectivity index (χ1n) is 5.48. The molecule has 0 aliphatic rings. The van der Waals surface area contributed by atoms with Gasteiger partial charge in [0.2, 0.25) is 10.0 Å². The van der Waals surface area contributed by atoms with E-state index in [4.69, 9.17) is 28.3 Å². The molecule has 0 radical (unpaired) electrons. The van der Waals surface area contributed by atoms with Crippen molar-refractivity contribution in [2.75, 3.05) is 0 Å². The summed E-state index contributed by atoms with van der Waals surface area (Å²) in [6.45, 7) is 1.76. The fraction of sp³-hybridized carbons (Fsp3) is 0.364. The Balaban J connectivity index is 3.10. The fourth-order valence-corrected chi connectivity index (χ4v) is 3.45. The average molecular weight is 326 g/mol. The zero-order valence-electron chi connectivity index (χ0n) is 10.1. The molecule has 0 bridgehead atoms. The largest absolute Gasteiger partial charge is 0.480 e. The van der Waals surface area contributed by atoms with Crippen molar-refractivity contribution < 1.29 is 18.3 Å². The number of nitrogens with one attached hydrogen (secondary N) is 1. The lowest BCUT2D eigenvalue weighted by molar-refractivity contribution is -0.139. The Hall–Kier alpha value is -0.820. The quantitative estimate of drug-likeness (QED) is 0.841. The van der Waals surface area contributed by atoms with Crippen molar-refractivity contribution in [3.8, 4) is 0 Å². The zero-order valence-corrected chi connectivity index (χ0v) is 12.4. The van der Waals surface area contributed by atoms with E-state index in [1.165, 1.54) is 18.2 Å². The van der Waals surface area contributed by atoms with Crippen LogP contribution in [-0.4, -0.2) is 25.5 Å². The van der Waals surface area contributed by atoms with Crippen molar-refractivity contribution in [2.24, 2.45) is 0 Å². The SMILES string of the molecule is CCC[C@H](NS(=O)(=O)c1cccc(Cl)c1Cl)C(=O)O. The molecule has 1 atom stereocenters. The van der Waals surface area contributed by atoms with Gasteiger partial charge in [0, 0.05) is 0 Å². The van der Waals surface area contributed by atoms with Crippen molar-refractivity contribution >= 4 is 39.2 Å². The molecule has 1 aromatic rings. The van der Waals surface area contributed by atoms with Gasteiger partial charge in [0.25, 0.3) is 0 Å². The summed E-state index contributed by atoms with van der Waals surface area (Å²) >= 11 is 11.6. The van der Waals surface area contributed by atoms with Crippen molar-refractivity contribution in [3.05, 3.63) is 28.2 Å². The molecule has 1 aromatic carbocycles. The first kappa shape index (κ1) is 16.2.